The van der Waals surface area contributed by atoms with Crippen LogP contribution in [0.5, 0.6) is 0 Å². The zero-order valence-corrected chi connectivity index (χ0v) is 19.0. The van der Waals surface area contributed by atoms with Gasteiger partial charge in [0.1, 0.15) is 15.8 Å². The predicted octanol–water partition coefficient (Wildman–Crippen LogP) is 2.98. The maximum atomic E-state index is 13.5. The van der Waals surface area contributed by atoms with Crippen molar-refractivity contribution in [3.8, 4) is 0 Å². The highest BCUT2D eigenvalue weighted by molar-refractivity contribution is 8.26. The van der Waals surface area contributed by atoms with E-state index in [0.29, 0.717) is 52.6 Å². The van der Waals surface area contributed by atoms with Crippen molar-refractivity contribution >= 4 is 51.7 Å². The third-order valence-electron chi connectivity index (χ3n) is 6.16. The van der Waals surface area contributed by atoms with E-state index in [1.54, 1.807) is 21.6 Å². The molecule has 2 aromatic heterocycles. The molecule has 0 unspecified atom stereocenters. The fourth-order valence-electron chi connectivity index (χ4n) is 4.53. The number of pyridine rings is 1. The number of thiocarbonyl (C=S) groups is 1. The molecule has 5 rings (SSSR count). The molecular weight excluding hydrogens is 432 g/mol. The van der Waals surface area contributed by atoms with Crippen LogP contribution in [0.15, 0.2) is 28.0 Å². The molecule has 2 saturated heterocycles. The smallest absolute Gasteiger partial charge is 0.267 e. The lowest BCUT2D eigenvalue weighted by molar-refractivity contribution is -0.123. The third kappa shape index (κ3) is 3.68. The van der Waals surface area contributed by atoms with Gasteiger partial charge in [0.25, 0.3) is 11.5 Å². The summed E-state index contributed by atoms with van der Waals surface area (Å²) in [6.45, 7) is 4.41. The van der Waals surface area contributed by atoms with Crippen molar-refractivity contribution in [2.24, 2.45) is 0 Å². The van der Waals surface area contributed by atoms with Gasteiger partial charge in [0, 0.05) is 25.3 Å². The molecule has 0 aromatic carbocycles. The minimum atomic E-state index is -0.179. The van der Waals surface area contributed by atoms with Crippen LogP contribution in [-0.2, 0) is 9.53 Å². The Balaban J connectivity index is 1.63. The van der Waals surface area contributed by atoms with E-state index in [1.807, 2.05) is 19.1 Å². The first-order chi connectivity index (χ1) is 15.0. The van der Waals surface area contributed by atoms with Crippen LogP contribution in [0, 0.1) is 6.92 Å². The van der Waals surface area contributed by atoms with Gasteiger partial charge in [-0.2, -0.15) is 0 Å². The summed E-state index contributed by atoms with van der Waals surface area (Å²) in [7, 11) is 0. The van der Waals surface area contributed by atoms with E-state index in [-0.39, 0.29) is 17.5 Å². The Morgan fingerprint density at radius 1 is 1.23 bits per heavy atom. The Morgan fingerprint density at radius 2 is 1.97 bits per heavy atom. The molecule has 1 saturated carbocycles. The van der Waals surface area contributed by atoms with Crippen molar-refractivity contribution in [3.63, 3.8) is 0 Å². The molecule has 2 aliphatic heterocycles. The molecule has 0 radical (unpaired) electrons. The SMILES string of the molecule is Cc1cccn2c(=O)c(C=C3SC(=S)N(C4CCCC4)C3=O)c(N3CCOCC3)nc12. The molecule has 4 heterocycles. The second kappa shape index (κ2) is 8.37. The van der Waals surface area contributed by atoms with E-state index in [1.165, 1.54) is 11.8 Å². The van der Waals surface area contributed by atoms with Crippen LogP contribution in [-0.4, -0.2) is 56.9 Å². The van der Waals surface area contributed by atoms with E-state index in [2.05, 4.69) is 4.90 Å². The van der Waals surface area contributed by atoms with Crippen molar-refractivity contribution in [1.82, 2.24) is 14.3 Å². The molecule has 3 fully saturated rings. The van der Waals surface area contributed by atoms with E-state index in [9.17, 15) is 9.59 Å². The van der Waals surface area contributed by atoms with Crippen molar-refractivity contribution in [2.75, 3.05) is 31.2 Å². The minimum Gasteiger partial charge on any atom is -0.378 e. The number of carbonyl (C=O) groups is 1. The number of anilines is 1. The second-order valence-electron chi connectivity index (χ2n) is 8.13. The van der Waals surface area contributed by atoms with Gasteiger partial charge < -0.3 is 9.64 Å². The summed E-state index contributed by atoms with van der Waals surface area (Å²) >= 11 is 6.82. The average Bonchev–Trinajstić information content (AvgIpc) is 3.39. The number of morpholine rings is 1. The van der Waals surface area contributed by atoms with Gasteiger partial charge in [-0.3, -0.25) is 18.9 Å². The van der Waals surface area contributed by atoms with Crippen LogP contribution in [0.2, 0.25) is 0 Å². The highest BCUT2D eigenvalue weighted by atomic mass is 32.2. The molecule has 2 aromatic rings. The molecule has 0 bridgehead atoms. The van der Waals surface area contributed by atoms with Gasteiger partial charge >= 0.3 is 0 Å². The fourth-order valence-corrected chi connectivity index (χ4v) is 5.91. The summed E-state index contributed by atoms with van der Waals surface area (Å²) in [5, 5.41) is 0. The maximum Gasteiger partial charge on any atom is 0.267 e. The summed E-state index contributed by atoms with van der Waals surface area (Å²) in [6.07, 6.45) is 7.63. The van der Waals surface area contributed by atoms with Crippen LogP contribution < -0.4 is 10.5 Å². The monoisotopic (exact) mass is 456 g/mol. The first-order valence-electron chi connectivity index (χ1n) is 10.7. The molecule has 162 valence electrons. The normalized spacial score (nSPS) is 21.8. The standard InChI is InChI=1S/C22H24N4O3S2/c1-14-5-4-8-25-18(14)23-19(24-9-11-29-12-10-24)16(20(25)27)13-17-21(28)26(22(30)31-17)15-6-2-3-7-15/h4-5,8,13,15H,2-3,6-7,9-12H2,1H3. The van der Waals surface area contributed by atoms with Crippen LogP contribution in [0.4, 0.5) is 5.82 Å². The van der Waals surface area contributed by atoms with Gasteiger partial charge in [-0.05, 0) is 37.5 Å². The predicted molar refractivity (Wildman–Crippen MR) is 126 cm³/mol. The van der Waals surface area contributed by atoms with Gasteiger partial charge in [-0.15, -0.1) is 0 Å². The second-order valence-corrected chi connectivity index (χ2v) is 9.80. The summed E-state index contributed by atoms with van der Waals surface area (Å²) in [5.74, 6) is 0.511. The molecule has 3 aliphatic rings. The molecule has 0 N–H and O–H groups in total. The lowest BCUT2D eigenvalue weighted by atomic mass is 10.2. The number of aryl methyl sites for hydroxylation is 1. The van der Waals surface area contributed by atoms with E-state index < -0.39 is 0 Å². The Kier molecular flexibility index (Phi) is 5.58. The number of fused-ring (bicyclic) bond motifs is 1. The maximum absolute atomic E-state index is 13.5. The number of thioether (sulfide) groups is 1. The molecule has 0 atom stereocenters. The van der Waals surface area contributed by atoms with Gasteiger partial charge in [-0.25, -0.2) is 4.98 Å². The summed E-state index contributed by atoms with van der Waals surface area (Å²) in [4.78, 5) is 35.9. The van der Waals surface area contributed by atoms with Crippen LogP contribution in [0.3, 0.4) is 0 Å². The molecule has 9 heteroatoms. The summed E-state index contributed by atoms with van der Waals surface area (Å²) in [5.41, 5.74) is 1.80. The first-order valence-corrected chi connectivity index (χ1v) is 11.9. The van der Waals surface area contributed by atoms with Crippen molar-refractivity contribution in [3.05, 3.63) is 44.7 Å². The van der Waals surface area contributed by atoms with E-state index in [0.717, 1.165) is 31.2 Å². The third-order valence-corrected chi connectivity index (χ3v) is 7.49. The average molecular weight is 457 g/mol. The Hall–Kier alpha value is -2.23. The number of rotatable bonds is 3. The minimum absolute atomic E-state index is 0.0939. The number of amides is 1. The lowest BCUT2D eigenvalue weighted by Crippen LogP contribution is -2.39. The Morgan fingerprint density at radius 3 is 2.71 bits per heavy atom. The van der Waals surface area contributed by atoms with Gasteiger partial charge in [0.15, 0.2) is 0 Å². The van der Waals surface area contributed by atoms with Crippen LogP contribution in [0.1, 0.15) is 36.8 Å². The molecule has 0 spiro atoms. The van der Waals surface area contributed by atoms with Gasteiger partial charge in [-0.1, -0.05) is 42.9 Å². The van der Waals surface area contributed by atoms with Gasteiger partial charge in [0.05, 0.1) is 23.7 Å². The highest BCUT2D eigenvalue weighted by Gasteiger charge is 2.38. The molecule has 31 heavy (non-hydrogen) atoms. The summed E-state index contributed by atoms with van der Waals surface area (Å²) in [6, 6.07) is 3.95. The topological polar surface area (TPSA) is 67.2 Å². The molecular formula is C22H24N4O3S2. The fraction of sp³-hybridized carbons (Fsp3) is 0.455. The van der Waals surface area contributed by atoms with Crippen molar-refractivity contribution < 1.29 is 9.53 Å². The van der Waals surface area contributed by atoms with Crippen molar-refractivity contribution in [2.45, 2.75) is 38.6 Å². The number of nitrogens with zero attached hydrogens (tertiary/aromatic N) is 4. The molecule has 1 amide bonds. The zero-order chi connectivity index (χ0) is 21.5. The lowest BCUT2D eigenvalue weighted by Gasteiger charge is -2.29. The zero-order valence-electron chi connectivity index (χ0n) is 17.4. The molecule has 1 aliphatic carbocycles. The van der Waals surface area contributed by atoms with Crippen molar-refractivity contribution in [1.29, 1.82) is 0 Å². The quantitative estimate of drug-likeness (QED) is 0.520. The number of aromatic nitrogens is 2. The van der Waals surface area contributed by atoms with Crippen LogP contribution >= 0.6 is 24.0 Å². The number of carbonyl (C=O) groups excluding carboxylic acids is 1. The molecule has 7 nitrogen and oxygen atoms in total. The van der Waals surface area contributed by atoms with Crippen LogP contribution in [0.25, 0.3) is 11.7 Å². The Labute approximate surface area is 190 Å². The number of hydrogen-bond acceptors (Lipinski definition) is 7. The largest absolute Gasteiger partial charge is 0.378 e. The van der Waals surface area contributed by atoms with Gasteiger partial charge in [0.2, 0.25) is 0 Å². The summed E-state index contributed by atoms with van der Waals surface area (Å²) < 4.78 is 7.63. The van der Waals surface area contributed by atoms with E-state index >= 15 is 0 Å². The highest BCUT2D eigenvalue weighted by Crippen LogP contribution is 2.38. The van der Waals surface area contributed by atoms with E-state index in [4.69, 9.17) is 21.9 Å². The Bertz CT molecular complexity index is 1150. The number of ether oxygens (including phenoxy) is 1. The number of hydrogen-bond donors (Lipinski definition) is 0. The first kappa shape index (κ1) is 20.7.